The summed E-state index contributed by atoms with van der Waals surface area (Å²) < 4.78 is 4.56. The molecular weight excluding hydrogens is 348 g/mol. The first-order chi connectivity index (χ1) is 7.31. The number of hydrogen-bond acceptors (Lipinski definition) is 0. The van der Waals surface area contributed by atoms with Gasteiger partial charge in [0.25, 0.3) is 0 Å². The van der Waals surface area contributed by atoms with Gasteiger partial charge in [-0.05, 0) is 0 Å². The molecule has 16 heavy (non-hydrogen) atoms. The third-order valence-corrected chi connectivity index (χ3v) is 8.07. The van der Waals surface area contributed by atoms with Crippen LogP contribution in [-0.4, -0.2) is 0 Å². The monoisotopic (exact) mass is 367 g/mol. The molecule has 2 heteroatoms. The van der Waals surface area contributed by atoms with Crippen LogP contribution in [0.4, 0.5) is 0 Å². The molecule has 0 N–H and O–H groups in total. The van der Waals surface area contributed by atoms with E-state index in [1.165, 1.54) is 22.3 Å². The summed E-state index contributed by atoms with van der Waals surface area (Å²) in [6, 6.07) is 0. The van der Waals surface area contributed by atoms with Crippen LogP contribution in [0.1, 0.15) is 41.5 Å². The van der Waals surface area contributed by atoms with Crippen molar-refractivity contribution in [1.82, 2.24) is 0 Å². The molecule has 0 aliphatic carbocycles. The molecular formula is C14H22ClNd. The van der Waals surface area contributed by atoms with Crippen molar-refractivity contribution in [2.45, 2.75) is 41.5 Å². The van der Waals surface area contributed by atoms with Crippen molar-refractivity contribution >= 4 is 5.80 Å². The van der Waals surface area contributed by atoms with E-state index in [1.54, 1.807) is 0 Å². The molecule has 89 valence electrons. The maximum absolute atomic E-state index is 6.44. The van der Waals surface area contributed by atoms with Crippen molar-refractivity contribution in [3.05, 3.63) is 37.9 Å². The Balaban J connectivity index is 4.66. The van der Waals surface area contributed by atoms with Crippen LogP contribution in [-0.2, 0) is 0 Å². The molecule has 0 saturated heterocycles. The average Bonchev–Trinajstić information content (AvgIpc) is 1.97. The van der Waals surface area contributed by atoms with Gasteiger partial charge in [0.2, 0.25) is 0 Å². The molecule has 0 unspecified atom stereocenters. The first-order valence-corrected chi connectivity index (χ1v) is 13.2. The summed E-state index contributed by atoms with van der Waals surface area (Å²) in [5, 5.41) is 0. The van der Waals surface area contributed by atoms with E-state index in [0.717, 1.165) is 0 Å². The van der Waals surface area contributed by atoms with Gasteiger partial charge < -0.3 is 0 Å². The summed E-state index contributed by atoms with van der Waals surface area (Å²) >= 11 is -2.09. The molecule has 0 radical (unpaired) electrons. The topological polar surface area (TPSA) is 0 Å². The van der Waals surface area contributed by atoms with Crippen LogP contribution in [0.3, 0.4) is 0 Å². The fraction of sp³-hybridized carbons (Fsp3) is 0.429. The van der Waals surface area contributed by atoms with Crippen molar-refractivity contribution in [3.8, 4) is 0 Å². The Kier molecular flexibility index (Phi) is 8.98. The summed E-state index contributed by atoms with van der Waals surface area (Å²) in [7, 11) is 0. The van der Waals surface area contributed by atoms with E-state index in [1.807, 2.05) is 0 Å². The van der Waals surface area contributed by atoms with Gasteiger partial charge in [-0.2, -0.15) is 0 Å². The number of allylic oxidation sites excluding steroid dienone is 6. The van der Waals surface area contributed by atoms with Gasteiger partial charge in [-0.3, -0.25) is 0 Å². The minimum atomic E-state index is -2.09. The Morgan fingerprint density at radius 2 is 1.06 bits per heavy atom. The normalized spacial score (nSPS) is 12.2. The quantitative estimate of drug-likeness (QED) is 0.574. The summed E-state index contributed by atoms with van der Waals surface area (Å²) in [5.74, 6) is 6.44. The van der Waals surface area contributed by atoms with Crippen LogP contribution >= 0.6 is 5.80 Å². The Bertz CT molecular complexity index is 304. The number of halogens is 1. The molecule has 0 atom stereocenters. The first kappa shape index (κ1) is 16.6. The van der Waals surface area contributed by atoms with Crippen LogP contribution in [0, 0.1) is 33.1 Å². The molecule has 0 aromatic heterocycles. The third-order valence-electron chi connectivity index (χ3n) is 1.76. The van der Waals surface area contributed by atoms with Gasteiger partial charge in [-0.15, -0.1) is 0 Å². The summed E-state index contributed by atoms with van der Waals surface area (Å²) in [5.41, 5.74) is 5.26. The van der Waals surface area contributed by atoms with Crippen LogP contribution in [0.15, 0.2) is 37.9 Å². The Labute approximate surface area is 117 Å². The minimum absolute atomic E-state index is 1.30. The summed E-state index contributed by atoms with van der Waals surface area (Å²) in [6.45, 7) is 12.7. The van der Waals surface area contributed by atoms with Gasteiger partial charge in [0.05, 0.1) is 0 Å². The molecule has 0 bridgehead atoms. The van der Waals surface area contributed by atoms with Crippen molar-refractivity contribution in [3.63, 3.8) is 0 Å². The fourth-order valence-electron chi connectivity index (χ4n) is 1.47. The van der Waals surface area contributed by atoms with E-state index < -0.39 is 33.1 Å². The fourth-order valence-corrected chi connectivity index (χ4v) is 7.62. The van der Waals surface area contributed by atoms with Crippen LogP contribution < -0.4 is 0 Å². The van der Waals surface area contributed by atoms with E-state index in [2.05, 4.69) is 57.1 Å². The van der Waals surface area contributed by atoms with Crippen LogP contribution in [0.5, 0.6) is 0 Å². The van der Waals surface area contributed by atoms with E-state index in [9.17, 15) is 0 Å². The Hall–Kier alpha value is 0.601. The second-order valence-corrected chi connectivity index (χ2v) is 12.2. The van der Waals surface area contributed by atoms with Gasteiger partial charge in [-0.25, -0.2) is 0 Å². The number of hydrogen-bond donors (Lipinski definition) is 0. The molecule has 0 aliphatic rings. The Morgan fingerprint density at radius 3 is 1.31 bits per heavy atom. The van der Waals surface area contributed by atoms with Gasteiger partial charge in [0.1, 0.15) is 0 Å². The second kappa shape index (κ2) is 8.66. The van der Waals surface area contributed by atoms with Crippen molar-refractivity contribution in [2.24, 2.45) is 0 Å². The summed E-state index contributed by atoms with van der Waals surface area (Å²) in [6.07, 6.45) is 4.38. The molecule has 0 rings (SSSR count). The van der Waals surface area contributed by atoms with Crippen molar-refractivity contribution in [2.75, 3.05) is 0 Å². The SMILES string of the molecule is CC(C)=CC(C)=[CH][Nd]([Cl])[CH]=C(C)C=C(C)C. The van der Waals surface area contributed by atoms with E-state index in [0.29, 0.717) is 0 Å². The first-order valence-electron chi connectivity index (χ1n) is 5.50. The maximum atomic E-state index is 6.44. The van der Waals surface area contributed by atoms with Gasteiger partial charge in [0.15, 0.2) is 0 Å². The molecule has 0 heterocycles. The summed E-state index contributed by atoms with van der Waals surface area (Å²) in [4.78, 5) is 0. The number of rotatable bonds is 4. The van der Waals surface area contributed by atoms with E-state index in [4.69, 9.17) is 5.80 Å². The van der Waals surface area contributed by atoms with Gasteiger partial charge >= 0.3 is 118 Å². The average molecular weight is 370 g/mol. The zero-order valence-corrected chi connectivity index (χ0v) is 15.2. The third kappa shape index (κ3) is 9.80. The predicted molar refractivity (Wildman–Crippen MR) is 72.2 cm³/mol. The van der Waals surface area contributed by atoms with E-state index >= 15 is 0 Å². The molecule has 0 aliphatic heterocycles. The molecule has 0 amide bonds. The molecule has 0 fully saturated rings. The van der Waals surface area contributed by atoms with Crippen molar-refractivity contribution < 1.29 is 33.1 Å². The van der Waals surface area contributed by atoms with Crippen LogP contribution in [0.2, 0.25) is 0 Å². The molecule has 0 spiro atoms. The molecule has 0 aromatic rings. The zero-order chi connectivity index (χ0) is 12.7. The molecule has 0 aromatic carbocycles. The molecule has 0 nitrogen and oxygen atoms in total. The standard InChI is InChI=1S/2C7H11.ClH.Nd/c2*1-6(2)5-7(3)4;;/h2*1,5H,2-4H3;1H;/q;;;+1/p-1. The zero-order valence-electron chi connectivity index (χ0n) is 11.2. The second-order valence-electron chi connectivity index (χ2n) is 4.60. The Morgan fingerprint density at radius 1 is 0.750 bits per heavy atom. The van der Waals surface area contributed by atoms with Crippen molar-refractivity contribution in [1.29, 1.82) is 0 Å². The molecule has 0 saturated carbocycles. The van der Waals surface area contributed by atoms with Crippen LogP contribution in [0.25, 0.3) is 0 Å². The van der Waals surface area contributed by atoms with E-state index in [-0.39, 0.29) is 0 Å². The predicted octanol–water partition coefficient (Wildman–Crippen LogP) is 5.50. The van der Waals surface area contributed by atoms with Gasteiger partial charge in [-0.1, -0.05) is 0 Å². The van der Waals surface area contributed by atoms with Gasteiger partial charge in [0, 0.05) is 0 Å².